The van der Waals surface area contributed by atoms with Crippen LogP contribution in [0.2, 0.25) is 0 Å². The fraction of sp³-hybridized carbons (Fsp3) is 0.0769. The van der Waals surface area contributed by atoms with E-state index < -0.39 is 0 Å². The molecule has 0 bridgehead atoms. The molecule has 0 aliphatic rings. The average molecular weight is 294 g/mol. The molecule has 3 N–H and O–H groups in total. The van der Waals surface area contributed by atoms with Gasteiger partial charge in [-0.3, -0.25) is 0 Å². The van der Waals surface area contributed by atoms with Crippen molar-refractivity contribution in [3.05, 3.63) is 52.5 Å². The average Bonchev–Trinajstić information content (AvgIpc) is 2.33. The number of halogens is 1. The van der Waals surface area contributed by atoms with Gasteiger partial charge < -0.3 is 15.5 Å². The molecule has 0 unspecified atom stereocenters. The molecule has 0 amide bonds. The van der Waals surface area contributed by atoms with Gasteiger partial charge in [0, 0.05) is 17.8 Å². The summed E-state index contributed by atoms with van der Waals surface area (Å²) < 4.78 is 0.683. The number of para-hydroxylation sites is 1. The van der Waals surface area contributed by atoms with Gasteiger partial charge in [0.15, 0.2) is 0 Å². The number of rotatable bonds is 3. The molecule has 88 valence electrons. The summed E-state index contributed by atoms with van der Waals surface area (Å²) in [4.78, 5) is 0. The van der Waals surface area contributed by atoms with Crippen molar-refractivity contribution in [1.29, 1.82) is 0 Å². The van der Waals surface area contributed by atoms with Crippen molar-refractivity contribution in [2.75, 3.05) is 5.32 Å². The second-order valence-corrected chi connectivity index (χ2v) is 4.50. The van der Waals surface area contributed by atoms with Gasteiger partial charge in [0.1, 0.15) is 11.5 Å². The van der Waals surface area contributed by atoms with Crippen molar-refractivity contribution in [1.82, 2.24) is 0 Å². The molecule has 2 aromatic carbocycles. The Hall–Kier alpha value is -1.68. The van der Waals surface area contributed by atoms with Gasteiger partial charge >= 0.3 is 0 Å². The summed E-state index contributed by atoms with van der Waals surface area (Å²) in [5.41, 5.74) is 1.70. The van der Waals surface area contributed by atoms with E-state index in [9.17, 15) is 5.11 Å². The van der Waals surface area contributed by atoms with Gasteiger partial charge in [-0.2, -0.15) is 0 Å². The summed E-state index contributed by atoms with van der Waals surface area (Å²) in [5, 5.41) is 22.1. The van der Waals surface area contributed by atoms with E-state index in [-0.39, 0.29) is 11.5 Å². The maximum atomic E-state index is 9.79. The smallest absolute Gasteiger partial charge is 0.134 e. The van der Waals surface area contributed by atoms with Crippen molar-refractivity contribution in [3.8, 4) is 11.5 Å². The van der Waals surface area contributed by atoms with E-state index in [4.69, 9.17) is 5.11 Å². The first-order valence-electron chi connectivity index (χ1n) is 5.16. The molecule has 17 heavy (non-hydrogen) atoms. The topological polar surface area (TPSA) is 52.5 Å². The fourth-order valence-corrected chi connectivity index (χ4v) is 1.89. The Bertz CT molecular complexity index is 511. The summed E-state index contributed by atoms with van der Waals surface area (Å²) >= 11 is 3.27. The lowest BCUT2D eigenvalue weighted by atomic mass is 10.2. The van der Waals surface area contributed by atoms with E-state index in [0.29, 0.717) is 11.0 Å². The third-order valence-electron chi connectivity index (χ3n) is 2.42. The van der Waals surface area contributed by atoms with Crippen molar-refractivity contribution < 1.29 is 10.2 Å². The van der Waals surface area contributed by atoms with E-state index >= 15 is 0 Å². The lowest BCUT2D eigenvalue weighted by molar-refractivity contribution is 0.465. The van der Waals surface area contributed by atoms with Gasteiger partial charge in [-0.05, 0) is 46.3 Å². The molecule has 0 saturated carbocycles. The number of aromatic hydroxyl groups is 2. The minimum Gasteiger partial charge on any atom is -0.508 e. The highest BCUT2D eigenvalue weighted by molar-refractivity contribution is 9.10. The van der Waals surface area contributed by atoms with E-state index in [0.717, 1.165) is 11.3 Å². The third-order valence-corrected chi connectivity index (χ3v) is 3.06. The Morgan fingerprint density at radius 2 is 1.71 bits per heavy atom. The highest BCUT2D eigenvalue weighted by Crippen LogP contribution is 2.28. The predicted octanol–water partition coefficient (Wildman–Crippen LogP) is 3.47. The van der Waals surface area contributed by atoms with Crippen LogP contribution in [0.4, 0.5) is 5.69 Å². The predicted molar refractivity (Wildman–Crippen MR) is 71.2 cm³/mol. The molecule has 0 saturated heterocycles. The molecule has 0 aromatic heterocycles. The zero-order chi connectivity index (χ0) is 12.3. The van der Waals surface area contributed by atoms with Gasteiger partial charge in [0.05, 0.1) is 4.47 Å². The number of phenols is 2. The van der Waals surface area contributed by atoms with Gasteiger partial charge in [0.2, 0.25) is 0 Å². The Morgan fingerprint density at radius 1 is 1.00 bits per heavy atom. The Labute approximate surface area is 108 Å². The quantitative estimate of drug-likeness (QED) is 0.760. The summed E-state index contributed by atoms with van der Waals surface area (Å²) in [6.45, 7) is 0.524. The fourth-order valence-electron chi connectivity index (χ4n) is 1.48. The summed E-state index contributed by atoms with van der Waals surface area (Å²) in [5.74, 6) is 0.486. The number of nitrogens with one attached hydrogen (secondary N) is 1. The molecule has 0 aliphatic heterocycles. The molecule has 2 rings (SSSR count). The Balaban J connectivity index is 2.07. The molecule has 0 atom stereocenters. The number of anilines is 1. The molecule has 0 radical (unpaired) electrons. The van der Waals surface area contributed by atoms with Crippen LogP contribution >= 0.6 is 15.9 Å². The van der Waals surface area contributed by atoms with Crippen LogP contribution in [-0.4, -0.2) is 10.2 Å². The summed E-state index contributed by atoms with van der Waals surface area (Å²) in [7, 11) is 0. The van der Waals surface area contributed by atoms with E-state index in [2.05, 4.69) is 21.2 Å². The molecule has 3 nitrogen and oxygen atoms in total. The lowest BCUT2D eigenvalue weighted by Gasteiger charge is -2.09. The molecular weight excluding hydrogens is 282 g/mol. The lowest BCUT2D eigenvalue weighted by Crippen LogP contribution is -1.99. The zero-order valence-corrected chi connectivity index (χ0v) is 10.6. The monoisotopic (exact) mass is 293 g/mol. The maximum absolute atomic E-state index is 9.79. The number of hydrogen-bond donors (Lipinski definition) is 3. The highest BCUT2D eigenvalue weighted by Gasteiger charge is 2.04. The molecule has 2 aromatic rings. The van der Waals surface area contributed by atoms with Crippen molar-refractivity contribution in [2.45, 2.75) is 6.54 Å². The summed E-state index contributed by atoms with van der Waals surface area (Å²) in [6, 6.07) is 12.3. The first kappa shape index (κ1) is 11.8. The maximum Gasteiger partial charge on any atom is 0.134 e. The van der Waals surface area contributed by atoms with Gasteiger partial charge in [-0.1, -0.05) is 12.1 Å². The molecule has 0 heterocycles. The standard InChI is InChI=1S/C13H12BrNO2/c14-12-3-1-2-9(13(12)17)8-15-10-4-6-11(16)7-5-10/h1-7,15-17H,8H2. The van der Waals surface area contributed by atoms with Gasteiger partial charge in [-0.15, -0.1) is 0 Å². The Kier molecular flexibility index (Phi) is 3.54. The van der Waals surface area contributed by atoms with Gasteiger partial charge in [0.25, 0.3) is 0 Å². The Morgan fingerprint density at radius 3 is 2.41 bits per heavy atom. The van der Waals surface area contributed by atoms with E-state index in [1.54, 1.807) is 30.3 Å². The van der Waals surface area contributed by atoms with Gasteiger partial charge in [-0.25, -0.2) is 0 Å². The van der Waals surface area contributed by atoms with Crippen LogP contribution in [0.3, 0.4) is 0 Å². The van der Waals surface area contributed by atoms with E-state index in [1.807, 2.05) is 12.1 Å². The summed E-state index contributed by atoms with van der Waals surface area (Å²) in [6.07, 6.45) is 0. The third kappa shape index (κ3) is 2.91. The largest absolute Gasteiger partial charge is 0.508 e. The van der Waals surface area contributed by atoms with Crippen LogP contribution in [0.5, 0.6) is 11.5 Å². The molecule has 4 heteroatoms. The minimum absolute atomic E-state index is 0.237. The SMILES string of the molecule is Oc1ccc(NCc2cccc(Br)c2O)cc1. The van der Waals surface area contributed by atoms with Crippen LogP contribution in [0.1, 0.15) is 5.56 Å². The van der Waals surface area contributed by atoms with Crippen LogP contribution in [-0.2, 0) is 6.54 Å². The second-order valence-electron chi connectivity index (χ2n) is 3.65. The number of benzene rings is 2. The van der Waals surface area contributed by atoms with E-state index in [1.165, 1.54) is 0 Å². The van der Waals surface area contributed by atoms with Crippen molar-refractivity contribution in [3.63, 3.8) is 0 Å². The molecular formula is C13H12BrNO2. The molecule has 0 spiro atoms. The number of phenolic OH excluding ortho intramolecular Hbond substituents is 2. The normalized spacial score (nSPS) is 10.2. The van der Waals surface area contributed by atoms with Crippen LogP contribution < -0.4 is 5.32 Å². The molecule has 0 aliphatic carbocycles. The second kappa shape index (κ2) is 5.10. The van der Waals surface area contributed by atoms with Crippen molar-refractivity contribution in [2.24, 2.45) is 0 Å². The first-order chi connectivity index (χ1) is 8.16. The van der Waals surface area contributed by atoms with Crippen molar-refractivity contribution >= 4 is 21.6 Å². The van der Waals surface area contributed by atoms with Crippen LogP contribution in [0.25, 0.3) is 0 Å². The molecule has 0 fully saturated rings. The van der Waals surface area contributed by atoms with Crippen LogP contribution in [0, 0.1) is 0 Å². The minimum atomic E-state index is 0.237. The number of hydrogen-bond acceptors (Lipinski definition) is 3. The first-order valence-corrected chi connectivity index (χ1v) is 5.95. The zero-order valence-electron chi connectivity index (χ0n) is 9.02. The highest BCUT2D eigenvalue weighted by atomic mass is 79.9. The van der Waals surface area contributed by atoms with Crippen LogP contribution in [0.15, 0.2) is 46.9 Å².